The van der Waals surface area contributed by atoms with Gasteiger partial charge in [0, 0.05) is 44.4 Å². The zero-order valence-corrected chi connectivity index (χ0v) is 20.3. The van der Waals surface area contributed by atoms with E-state index in [0.717, 1.165) is 40.1 Å². The van der Waals surface area contributed by atoms with E-state index >= 15 is 0 Å². The number of aromatic nitrogens is 1. The molecule has 35 heavy (non-hydrogen) atoms. The van der Waals surface area contributed by atoms with E-state index in [2.05, 4.69) is 23.3 Å². The van der Waals surface area contributed by atoms with Gasteiger partial charge in [-0.15, -0.1) is 0 Å². The number of carbonyl (C=O) groups excluding carboxylic acids is 1. The van der Waals surface area contributed by atoms with Gasteiger partial charge in [-0.25, -0.2) is 4.99 Å². The van der Waals surface area contributed by atoms with E-state index in [-0.39, 0.29) is 11.8 Å². The van der Waals surface area contributed by atoms with Crippen molar-refractivity contribution in [2.24, 2.45) is 22.8 Å². The fourth-order valence-corrected chi connectivity index (χ4v) is 4.77. The molecule has 0 radical (unpaired) electrons. The summed E-state index contributed by atoms with van der Waals surface area (Å²) >= 11 is 0. The average molecular weight is 470 g/mol. The first kappa shape index (κ1) is 24.0. The van der Waals surface area contributed by atoms with Crippen molar-refractivity contribution in [2.45, 2.75) is 18.9 Å². The number of likely N-dealkylation sites (tertiary alicyclic amines) is 1. The maximum atomic E-state index is 12.2. The van der Waals surface area contributed by atoms with Gasteiger partial charge in [0.2, 0.25) is 5.91 Å². The van der Waals surface area contributed by atoms with Crippen LogP contribution in [0.4, 0.5) is 5.82 Å². The number of benzene rings is 2. The summed E-state index contributed by atoms with van der Waals surface area (Å²) in [6.07, 6.45) is 2.20. The third-order valence-electron chi connectivity index (χ3n) is 6.51. The molecule has 7 heteroatoms. The van der Waals surface area contributed by atoms with E-state index in [4.69, 9.17) is 10.5 Å². The minimum Gasteiger partial charge on any atom is -0.489 e. The molecule has 1 saturated heterocycles. The fraction of sp³-hybridized carbons (Fsp3) is 0.250. The number of rotatable bonds is 8. The summed E-state index contributed by atoms with van der Waals surface area (Å²) in [6, 6.07) is 18.0. The molecule has 2 N–H and O–H groups in total. The number of ether oxygens (including phenoxy) is 1. The van der Waals surface area contributed by atoms with Gasteiger partial charge >= 0.3 is 0 Å². The smallest absolute Gasteiger partial charge is 0.245 e. The van der Waals surface area contributed by atoms with Gasteiger partial charge in [0.1, 0.15) is 24.0 Å². The van der Waals surface area contributed by atoms with Crippen molar-refractivity contribution >= 4 is 24.3 Å². The Morgan fingerprint density at radius 3 is 2.54 bits per heavy atom. The molecule has 1 atom stereocenters. The molecule has 1 aromatic heterocycles. The lowest BCUT2D eigenvalue weighted by Gasteiger charge is -2.17. The van der Waals surface area contributed by atoms with Crippen LogP contribution in [0.2, 0.25) is 0 Å². The van der Waals surface area contributed by atoms with Crippen molar-refractivity contribution in [3.63, 3.8) is 0 Å². The normalized spacial score (nSPS) is 15.8. The highest BCUT2D eigenvalue weighted by atomic mass is 16.5. The summed E-state index contributed by atoms with van der Waals surface area (Å²) in [5, 5.41) is 0. The number of hydrogen-bond acceptors (Lipinski definition) is 4. The molecule has 7 nitrogen and oxygen atoms in total. The monoisotopic (exact) mass is 469 g/mol. The van der Waals surface area contributed by atoms with E-state index in [1.165, 1.54) is 6.08 Å². The van der Waals surface area contributed by atoms with Gasteiger partial charge < -0.3 is 19.9 Å². The average Bonchev–Trinajstić information content (AvgIpc) is 3.49. The van der Waals surface area contributed by atoms with Crippen molar-refractivity contribution in [1.82, 2.24) is 9.47 Å². The molecule has 3 aromatic rings. The standard InChI is InChI=1S/C28H31N5O2/c1-5-23(34)33-16-15-21(17-33)26-24(25(27(29)30-2)28(31-3)32(26)4)20-11-13-22(14-12-20)35-18-19-9-7-6-8-10-19/h5-14,21H,1,3,15-18H2,2,4H3,(H2,29,30)/t21-/m1/s1. The molecule has 2 aromatic carbocycles. The van der Waals surface area contributed by atoms with E-state index in [1.807, 2.05) is 71.1 Å². The molecule has 2 heterocycles. The highest BCUT2D eigenvalue weighted by Gasteiger charge is 2.34. The summed E-state index contributed by atoms with van der Waals surface area (Å²) in [5.74, 6) is 1.90. The number of amides is 1. The summed E-state index contributed by atoms with van der Waals surface area (Å²) in [4.78, 5) is 22.6. The lowest BCUT2D eigenvalue weighted by Crippen LogP contribution is -2.26. The molecule has 1 fully saturated rings. The first-order chi connectivity index (χ1) is 17.0. The molecule has 0 bridgehead atoms. The molecule has 180 valence electrons. The van der Waals surface area contributed by atoms with Crippen LogP contribution in [0, 0.1) is 0 Å². The molecular weight excluding hydrogens is 438 g/mol. The molecule has 0 saturated carbocycles. The Kier molecular flexibility index (Phi) is 7.15. The number of carbonyl (C=O) groups is 1. The molecule has 0 unspecified atom stereocenters. The highest BCUT2D eigenvalue weighted by Crippen LogP contribution is 2.43. The van der Waals surface area contributed by atoms with Crippen molar-refractivity contribution in [2.75, 3.05) is 20.1 Å². The fourth-order valence-electron chi connectivity index (χ4n) is 4.77. The van der Waals surface area contributed by atoms with Crippen LogP contribution in [-0.2, 0) is 18.4 Å². The second-order valence-corrected chi connectivity index (χ2v) is 8.56. The third kappa shape index (κ3) is 4.75. The third-order valence-corrected chi connectivity index (χ3v) is 6.51. The molecule has 1 aliphatic rings. The van der Waals surface area contributed by atoms with Crippen LogP contribution in [0.3, 0.4) is 0 Å². The van der Waals surface area contributed by atoms with Crippen LogP contribution in [0.5, 0.6) is 5.75 Å². The van der Waals surface area contributed by atoms with Crippen LogP contribution in [-0.4, -0.2) is 48.1 Å². The number of hydrogen-bond donors (Lipinski definition) is 1. The Morgan fingerprint density at radius 1 is 1.20 bits per heavy atom. The predicted molar refractivity (Wildman–Crippen MR) is 142 cm³/mol. The lowest BCUT2D eigenvalue weighted by atomic mass is 9.93. The van der Waals surface area contributed by atoms with Gasteiger partial charge in [0.15, 0.2) is 0 Å². The summed E-state index contributed by atoms with van der Waals surface area (Å²) < 4.78 is 8.01. The summed E-state index contributed by atoms with van der Waals surface area (Å²) in [6.45, 7) is 9.20. The summed E-state index contributed by atoms with van der Waals surface area (Å²) in [7, 11) is 3.63. The minimum absolute atomic E-state index is 0.0555. The largest absolute Gasteiger partial charge is 0.489 e. The second kappa shape index (κ2) is 10.4. The second-order valence-electron chi connectivity index (χ2n) is 8.56. The SMILES string of the molecule is C=CC(=O)N1CC[C@@H](c2c(-c3ccc(OCc4ccccc4)cc3)c(C(N)=NC)c(N=C)n2C)C1. The zero-order valence-electron chi connectivity index (χ0n) is 20.3. The highest BCUT2D eigenvalue weighted by molar-refractivity contribution is 6.08. The first-order valence-electron chi connectivity index (χ1n) is 11.6. The van der Waals surface area contributed by atoms with Crippen LogP contribution < -0.4 is 10.5 Å². The Hall–Kier alpha value is -4.13. The molecular formula is C28H31N5O2. The van der Waals surface area contributed by atoms with Crippen molar-refractivity contribution in [3.05, 3.63) is 84.1 Å². The Balaban J connectivity index is 1.73. The Labute approximate surface area is 206 Å². The topological polar surface area (TPSA) is 85.2 Å². The number of amidine groups is 1. The van der Waals surface area contributed by atoms with Crippen LogP contribution in [0.1, 0.15) is 29.2 Å². The van der Waals surface area contributed by atoms with E-state index < -0.39 is 0 Å². The lowest BCUT2D eigenvalue weighted by molar-refractivity contribution is -0.125. The summed E-state index contributed by atoms with van der Waals surface area (Å²) in [5.41, 5.74) is 11.2. The van der Waals surface area contributed by atoms with Crippen molar-refractivity contribution in [3.8, 4) is 16.9 Å². The van der Waals surface area contributed by atoms with Crippen LogP contribution in [0.15, 0.2) is 77.2 Å². The number of nitrogens with two attached hydrogens (primary N) is 1. The van der Waals surface area contributed by atoms with Crippen molar-refractivity contribution in [1.29, 1.82) is 0 Å². The van der Waals surface area contributed by atoms with E-state index in [0.29, 0.717) is 31.3 Å². The first-order valence-corrected chi connectivity index (χ1v) is 11.6. The Bertz CT molecular complexity index is 1260. The zero-order chi connectivity index (χ0) is 24.9. The van der Waals surface area contributed by atoms with Gasteiger partial charge in [-0.1, -0.05) is 49.0 Å². The van der Waals surface area contributed by atoms with Crippen LogP contribution >= 0.6 is 0 Å². The van der Waals surface area contributed by atoms with Gasteiger partial charge in [-0.3, -0.25) is 9.79 Å². The molecule has 1 amide bonds. The van der Waals surface area contributed by atoms with Crippen molar-refractivity contribution < 1.29 is 9.53 Å². The van der Waals surface area contributed by atoms with Gasteiger partial charge in [0.05, 0.1) is 5.56 Å². The van der Waals surface area contributed by atoms with Gasteiger partial charge in [-0.05, 0) is 42.5 Å². The minimum atomic E-state index is -0.0555. The van der Waals surface area contributed by atoms with Gasteiger partial charge in [0.25, 0.3) is 0 Å². The quantitative estimate of drug-likeness (QED) is 0.301. The maximum Gasteiger partial charge on any atom is 0.245 e. The molecule has 1 aliphatic heterocycles. The maximum absolute atomic E-state index is 12.2. The van der Waals surface area contributed by atoms with Crippen LogP contribution in [0.25, 0.3) is 11.1 Å². The number of nitrogens with zero attached hydrogens (tertiary/aromatic N) is 4. The predicted octanol–water partition coefficient (Wildman–Crippen LogP) is 4.44. The Morgan fingerprint density at radius 2 is 1.91 bits per heavy atom. The molecule has 0 spiro atoms. The molecule has 4 rings (SSSR count). The van der Waals surface area contributed by atoms with E-state index in [1.54, 1.807) is 7.05 Å². The molecule has 0 aliphatic carbocycles. The van der Waals surface area contributed by atoms with E-state index in [9.17, 15) is 4.79 Å². The number of aliphatic imine (C=N–C) groups is 2. The van der Waals surface area contributed by atoms with Gasteiger partial charge in [-0.2, -0.15) is 0 Å².